The van der Waals surface area contributed by atoms with E-state index < -0.39 is 8.53 Å². The van der Waals surface area contributed by atoms with E-state index in [9.17, 15) is 0 Å². The molecule has 23 heavy (non-hydrogen) atoms. The molecular formula is C16H31N2O4P. The quantitative estimate of drug-likeness (QED) is 0.363. The lowest BCUT2D eigenvalue weighted by atomic mass is 10.1. The molecule has 0 aromatic heterocycles. The van der Waals surface area contributed by atoms with Gasteiger partial charge in [-0.05, 0) is 41.5 Å². The standard InChI is InChI=1S/C16H31N2O4P/c1-11(2)18(12(3)4)23(20-10-9-17-7)22-16-14(6)21-13(5)15(16)19-8/h11-16H,9-10H2,1-6,8H3/t13-,14+,15?,16-,23?/m0/s1/i6D. The van der Waals surface area contributed by atoms with Gasteiger partial charge in [0.1, 0.15) is 18.8 Å². The van der Waals surface area contributed by atoms with Crippen molar-refractivity contribution in [3.05, 3.63) is 11.4 Å². The van der Waals surface area contributed by atoms with Crippen molar-refractivity contribution in [1.29, 1.82) is 0 Å². The van der Waals surface area contributed by atoms with Crippen LogP contribution in [0.15, 0.2) is 0 Å². The monoisotopic (exact) mass is 347 g/mol. The lowest BCUT2D eigenvalue weighted by Gasteiger charge is -2.37. The molecule has 1 fully saturated rings. The zero-order valence-electron chi connectivity index (χ0n) is 16.1. The summed E-state index contributed by atoms with van der Waals surface area (Å²) in [6, 6.07) is 0.471. The van der Waals surface area contributed by atoms with Crippen LogP contribution in [0.25, 0.3) is 4.85 Å². The highest BCUT2D eigenvalue weighted by atomic mass is 31.2. The number of ether oxygens (including phenoxy) is 2. The molecule has 0 radical (unpaired) electrons. The molecule has 0 amide bonds. The maximum Gasteiger partial charge on any atom is 0.259 e. The molecule has 0 aliphatic carbocycles. The van der Waals surface area contributed by atoms with E-state index in [1.807, 2.05) is 6.92 Å². The Kier molecular flexibility index (Phi) is 8.18. The zero-order chi connectivity index (χ0) is 18.3. The van der Waals surface area contributed by atoms with Gasteiger partial charge < -0.3 is 23.4 Å². The second kappa shape index (κ2) is 9.88. The van der Waals surface area contributed by atoms with E-state index in [0.717, 1.165) is 0 Å². The van der Waals surface area contributed by atoms with Crippen molar-refractivity contribution in [2.75, 3.05) is 20.3 Å². The fourth-order valence-electron chi connectivity index (χ4n) is 2.76. The van der Waals surface area contributed by atoms with Gasteiger partial charge in [0, 0.05) is 20.6 Å². The molecule has 0 aromatic rings. The smallest absolute Gasteiger partial charge is 0.259 e. The number of nitrogens with zero attached hydrogens (tertiary/aromatic N) is 2. The summed E-state index contributed by atoms with van der Waals surface area (Å²) in [5.41, 5.74) is 0. The molecule has 5 atom stereocenters. The van der Waals surface area contributed by atoms with Gasteiger partial charge in [-0.15, -0.1) is 0 Å². The van der Waals surface area contributed by atoms with Crippen LogP contribution in [-0.4, -0.2) is 61.4 Å². The largest absolute Gasteiger partial charge is 0.376 e. The highest BCUT2D eigenvalue weighted by molar-refractivity contribution is 7.44. The van der Waals surface area contributed by atoms with Crippen LogP contribution in [0.2, 0.25) is 0 Å². The first-order valence-corrected chi connectivity index (χ1v) is 9.19. The minimum Gasteiger partial charge on any atom is -0.376 e. The topological polar surface area (TPSA) is 44.5 Å². The van der Waals surface area contributed by atoms with E-state index in [0.29, 0.717) is 13.2 Å². The Morgan fingerprint density at radius 1 is 1.26 bits per heavy atom. The summed E-state index contributed by atoms with van der Waals surface area (Å²) < 4.78 is 33.5. The van der Waals surface area contributed by atoms with Crippen LogP contribution >= 0.6 is 8.53 Å². The Morgan fingerprint density at radius 3 is 2.39 bits per heavy atom. The van der Waals surface area contributed by atoms with Gasteiger partial charge in [0.2, 0.25) is 6.54 Å². The third-order valence-electron chi connectivity index (χ3n) is 3.68. The second-order valence-electron chi connectivity index (χ2n) is 6.17. The first-order valence-electron chi connectivity index (χ1n) is 8.76. The molecule has 0 aromatic carbocycles. The van der Waals surface area contributed by atoms with Gasteiger partial charge in [-0.2, -0.15) is 0 Å². The summed E-state index contributed by atoms with van der Waals surface area (Å²) >= 11 is 0. The Balaban J connectivity index is 2.94. The van der Waals surface area contributed by atoms with Gasteiger partial charge in [-0.1, -0.05) is 0 Å². The first-order chi connectivity index (χ1) is 11.4. The molecule has 7 heteroatoms. The van der Waals surface area contributed by atoms with Gasteiger partial charge in [0.25, 0.3) is 8.53 Å². The molecule has 1 aliphatic heterocycles. The molecule has 1 rings (SSSR count). The SMILES string of the molecule is [2H]C[C@H]1O[C@@H](C)C(OC)[C@H]1OP(OCC[N+]#[C-])N(C(C)C)C(C)C. The van der Waals surface area contributed by atoms with Crippen molar-refractivity contribution in [3.63, 3.8) is 0 Å². The van der Waals surface area contributed by atoms with E-state index in [4.69, 9.17) is 26.5 Å². The van der Waals surface area contributed by atoms with Crippen molar-refractivity contribution in [2.45, 2.75) is 78.0 Å². The third kappa shape index (κ3) is 5.63. The zero-order valence-corrected chi connectivity index (χ0v) is 16.0. The first kappa shape index (κ1) is 19.1. The van der Waals surface area contributed by atoms with Crippen molar-refractivity contribution in [3.8, 4) is 0 Å². The van der Waals surface area contributed by atoms with Crippen LogP contribution in [0.4, 0.5) is 0 Å². The highest BCUT2D eigenvalue weighted by Gasteiger charge is 2.44. The second-order valence-corrected chi connectivity index (χ2v) is 7.58. The fourth-order valence-corrected chi connectivity index (χ4v) is 4.52. The van der Waals surface area contributed by atoms with E-state index in [1.165, 1.54) is 0 Å². The van der Waals surface area contributed by atoms with Crippen LogP contribution in [0.3, 0.4) is 0 Å². The number of hydrogen-bond acceptors (Lipinski definition) is 5. The lowest BCUT2D eigenvalue weighted by Crippen LogP contribution is -2.39. The van der Waals surface area contributed by atoms with Crippen molar-refractivity contribution >= 4 is 8.53 Å². The van der Waals surface area contributed by atoms with Crippen molar-refractivity contribution < 1.29 is 19.9 Å². The van der Waals surface area contributed by atoms with Gasteiger partial charge in [-0.25, -0.2) is 11.2 Å². The van der Waals surface area contributed by atoms with Crippen LogP contribution < -0.4 is 0 Å². The summed E-state index contributed by atoms with van der Waals surface area (Å²) in [4.78, 5) is 3.34. The molecule has 1 aliphatic rings. The molecule has 1 heterocycles. The Labute approximate surface area is 143 Å². The van der Waals surface area contributed by atoms with E-state index in [2.05, 4.69) is 37.2 Å². The summed E-state index contributed by atoms with van der Waals surface area (Å²) in [6.45, 7) is 18.0. The predicted molar refractivity (Wildman–Crippen MR) is 92.1 cm³/mol. The average Bonchev–Trinajstić information content (AvgIpc) is 2.81. The van der Waals surface area contributed by atoms with Gasteiger partial charge in [0.15, 0.2) is 0 Å². The minimum atomic E-state index is -1.36. The third-order valence-corrected chi connectivity index (χ3v) is 5.81. The van der Waals surface area contributed by atoms with Gasteiger partial charge in [-0.3, -0.25) is 0 Å². The lowest BCUT2D eigenvalue weighted by molar-refractivity contribution is -0.00106. The molecule has 0 saturated carbocycles. The maximum absolute atomic E-state index is 7.73. The average molecular weight is 347 g/mol. The normalized spacial score (nSPS) is 30.0. The molecule has 134 valence electrons. The van der Waals surface area contributed by atoms with Crippen molar-refractivity contribution in [1.82, 2.24) is 4.67 Å². The van der Waals surface area contributed by atoms with Crippen LogP contribution in [0.1, 0.15) is 42.9 Å². The summed E-state index contributed by atoms with van der Waals surface area (Å²) in [7, 11) is 0.274. The summed E-state index contributed by atoms with van der Waals surface area (Å²) in [6.07, 6.45) is -1.03. The molecule has 1 saturated heterocycles. The molecular weight excluding hydrogens is 315 g/mol. The van der Waals surface area contributed by atoms with E-state index in [-0.39, 0.29) is 43.4 Å². The summed E-state index contributed by atoms with van der Waals surface area (Å²) in [5.74, 6) is 0. The van der Waals surface area contributed by atoms with Gasteiger partial charge in [0.05, 0.1) is 12.2 Å². The van der Waals surface area contributed by atoms with Crippen LogP contribution in [0.5, 0.6) is 0 Å². The van der Waals surface area contributed by atoms with Crippen LogP contribution in [-0.2, 0) is 18.5 Å². The minimum absolute atomic E-state index is 0.115. The van der Waals surface area contributed by atoms with Crippen molar-refractivity contribution in [2.24, 2.45) is 0 Å². The fraction of sp³-hybridized carbons (Fsp3) is 0.938. The number of methoxy groups -OCH3 is 1. The van der Waals surface area contributed by atoms with E-state index in [1.54, 1.807) is 7.11 Å². The number of rotatable bonds is 9. The molecule has 0 N–H and O–H groups in total. The molecule has 2 unspecified atom stereocenters. The maximum atomic E-state index is 7.73. The van der Waals surface area contributed by atoms with E-state index >= 15 is 0 Å². The Hall–Kier alpha value is -0.280. The molecule has 0 bridgehead atoms. The summed E-state index contributed by atoms with van der Waals surface area (Å²) in [5, 5.41) is 0. The Morgan fingerprint density at radius 2 is 1.91 bits per heavy atom. The molecule has 6 nitrogen and oxygen atoms in total. The van der Waals surface area contributed by atoms with Crippen LogP contribution in [0, 0.1) is 6.57 Å². The number of hydrogen-bond donors (Lipinski definition) is 0. The highest BCUT2D eigenvalue weighted by Crippen LogP contribution is 2.49. The predicted octanol–water partition coefficient (Wildman–Crippen LogP) is 3.48. The molecule has 0 spiro atoms. The van der Waals surface area contributed by atoms with Gasteiger partial charge >= 0.3 is 0 Å². The Bertz CT molecular complexity index is 400.